The molecule has 0 bridgehead atoms. The molecular formula is C18H18N2O4S3. The number of carbonyl (C=O) groups excluding carboxylic acids is 1. The van der Waals surface area contributed by atoms with E-state index in [0.717, 1.165) is 10.6 Å². The van der Waals surface area contributed by atoms with Crippen LogP contribution < -0.4 is 10.1 Å². The number of sulfone groups is 1. The van der Waals surface area contributed by atoms with E-state index in [1.807, 2.05) is 22.2 Å². The molecule has 0 radical (unpaired) electrons. The number of benzene rings is 1. The molecule has 0 saturated heterocycles. The molecule has 1 unspecified atom stereocenters. The highest BCUT2D eigenvalue weighted by molar-refractivity contribution is 7.92. The van der Waals surface area contributed by atoms with Gasteiger partial charge in [-0.25, -0.2) is 13.4 Å². The van der Waals surface area contributed by atoms with Crippen molar-refractivity contribution < 1.29 is 17.9 Å². The number of hydrogen-bond acceptors (Lipinski definition) is 7. The second-order valence-corrected chi connectivity index (χ2v) is 9.46. The normalized spacial score (nSPS) is 12.5. The molecule has 0 saturated carbocycles. The van der Waals surface area contributed by atoms with Crippen LogP contribution in [0.3, 0.4) is 0 Å². The van der Waals surface area contributed by atoms with Crippen LogP contribution in [0.1, 0.15) is 16.6 Å². The summed E-state index contributed by atoms with van der Waals surface area (Å²) in [4.78, 5) is 16.8. The van der Waals surface area contributed by atoms with Crippen LogP contribution in [0.5, 0.6) is 5.75 Å². The van der Waals surface area contributed by atoms with Crippen molar-refractivity contribution in [1.29, 1.82) is 0 Å². The van der Waals surface area contributed by atoms with Crippen LogP contribution in [0, 0.1) is 0 Å². The van der Waals surface area contributed by atoms with Crippen molar-refractivity contribution in [2.24, 2.45) is 0 Å². The van der Waals surface area contributed by atoms with E-state index in [0.29, 0.717) is 12.2 Å². The standard InChI is InChI=1S/C18H18N2O4S3/c1-24-14-2-4-15(5-3-14)27(22,23)12-17(21)20-16(18-19-7-9-26-18)10-13-6-8-25-11-13/h2-9,11,16H,10,12H2,1H3,(H,20,21). The second kappa shape index (κ2) is 8.64. The lowest BCUT2D eigenvalue weighted by atomic mass is 10.1. The maximum Gasteiger partial charge on any atom is 0.236 e. The van der Waals surface area contributed by atoms with E-state index in [2.05, 4.69) is 10.3 Å². The van der Waals surface area contributed by atoms with Gasteiger partial charge in [0.25, 0.3) is 0 Å². The fraction of sp³-hybridized carbons (Fsp3) is 0.222. The van der Waals surface area contributed by atoms with Crippen molar-refractivity contribution in [2.75, 3.05) is 12.9 Å². The maximum absolute atomic E-state index is 12.5. The Morgan fingerprint density at radius 3 is 2.59 bits per heavy atom. The minimum absolute atomic E-state index is 0.0853. The summed E-state index contributed by atoms with van der Waals surface area (Å²) in [7, 11) is -2.24. The molecule has 0 aliphatic rings. The molecule has 27 heavy (non-hydrogen) atoms. The highest BCUT2D eigenvalue weighted by atomic mass is 32.2. The first-order valence-electron chi connectivity index (χ1n) is 8.04. The van der Waals surface area contributed by atoms with Crippen LogP contribution in [-0.2, 0) is 21.1 Å². The highest BCUT2D eigenvalue weighted by Gasteiger charge is 2.23. The number of methoxy groups -OCH3 is 1. The van der Waals surface area contributed by atoms with Gasteiger partial charge in [-0.3, -0.25) is 4.79 Å². The van der Waals surface area contributed by atoms with Crippen molar-refractivity contribution >= 4 is 38.4 Å². The molecular weight excluding hydrogens is 404 g/mol. The number of nitrogens with one attached hydrogen (secondary N) is 1. The van der Waals surface area contributed by atoms with Gasteiger partial charge in [-0.15, -0.1) is 11.3 Å². The molecule has 3 rings (SSSR count). The third-order valence-corrected chi connectivity index (χ3v) is 7.10. The summed E-state index contributed by atoms with van der Waals surface area (Å²) < 4.78 is 30.1. The van der Waals surface area contributed by atoms with Gasteiger partial charge in [-0.05, 0) is 46.7 Å². The first-order chi connectivity index (χ1) is 13.0. The summed E-state index contributed by atoms with van der Waals surface area (Å²) in [6, 6.07) is 7.60. The lowest BCUT2D eigenvalue weighted by molar-refractivity contribution is -0.119. The molecule has 2 heterocycles. The summed E-state index contributed by atoms with van der Waals surface area (Å²) in [5.41, 5.74) is 1.07. The number of aromatic nitrogens is 1. The zero-order chi connectivity index (χ0) is 19.3. The number of carbonyl (C=O) groups is 1. The largest absolute Gasteiger partial charge is 0.497 e. The third kappa shape index (κ3) is 5.15. The van der Waals surface area contributed by atoms with Gasteiger partial charge in [0.15, 0.2) is 9.84 Å². The van der Waals surface area contributed by atoms with Crippen molar-refractivity contribution in [1.82, 2.24) is 10.3 Å². The molecule has 1 N–H and O–H groups in total. The summed E-state index contributed by atoms with van der Waals surface area (Å²) in [6.45, 7) is 0. The lowest BCUT2D eigenvalue weighted by Gasteiger charge is -2.16. The first kappa shape index (κ1) is 19.5. The van der Waals surface area contributed by atoms with Gasteiger partial charge < -0.3 is 10.1 Å². The number of ether oxygens (including phenoxy) is 1. The quantitative estimate of drug-likeness (QED) is 0.603. The Bertz CT molecular complexity index is 966. The maximum atomic E-state index is 12.5. The van der Waals surface area contributed by atoms with Gasteiger partial charge in [0.05, 0.1) is 18.0 Å². The van der Waals surface area contributed by atoms with Gasteiger partial charge in [-0.1, -0.05) is 0 Å². The zero-order valence-corrected chi connectivity index (χ0v) is 16.9. The molecule has 1 amide bonds. The van der Waals surface area contributed by atoms with Crippen LogP contribution in [0.15, 0.2) is 57.6 Å². The molecule has 0 aliphatic heterocycles. The topological polar surface area (TPSA) is 85.4 Å². The summed E-state index contributed by atoms with van der Waals surface area (Å²) in [6.07, 6.45) is 2.23. The molecule has 0 spiro atoms. The van der Waals surface area contributed by atoms with Crippen molar-refractivity contribution in [3.8, 4) is 5.75 Å². The monoisotopic (exact) mass is 422 g/mol. The van der Waals surface area contributed by atoms with Crippen LogP contribution >= 0.6 is 22.7 Å². The number of thiazole rings is 1. The van der Waals surface area contributed by atoms with E-state index in [1.165, 1.54) is 30.6 Å². The fourth-order valence-corrected chi connectivity index (χ4v) is 5.04. The zero-order valence-electron chi connectivity index (χ0n) is 14.5. The van der Waals surface area contributed by atoms with Crippen molar-refractivity contribution in [3.05, 3.63) is 63.2 Å². The summed E-state index contributed by atoms with van der Waals surface area (Å²) in [5.74, 6) is -0.621. The molecule has 0 aliphatic carbocycles. The minimum Gasteiger partial charge on any atom is -0.497 e. The number of hydrogen-bond donors (Lipinski definition) is 1. The highest BCUT2D eigenvalue weighted by Crippen LogP contribution is 2.22. The Kier molecular flexibility index (Phi) is 6.25. The Labute approximate surface area is 165 Å². The van der Waals surface area contributed by atoms with Crippen LogP contribution in [-0.4, -0.2) is 32.2 Å². The molecule has 1 atom stereocenters. The average molecular weight is 423 g/mol. The van der Waals surface area contributed by atoms with Crippen LogP contribution in [0.2, 0.25) is 0 Å². The molecule has 9 heteroatoms. The number of amides is 1. The Morgan fingerprint density at radius 1 is 1.22 bits per heavy atom. The summed E-state index contributed by atoms with van der Waals surface area (Å²) >= 11 is 3.00. The van der Waals surface area contributed by atoms with Crippen LogP contribution in [0.25, 0.3) is 0 Å². The lowest BCUT2D eigenvalue weighted by Crippen LogP contribution is -2.34. The van der Waals surface area contributed by atoms with E-state index in [4.69, 9.17) is 4.74 Å². The molecule has 142 valence electrons. The van der Waals surface area contributed by atoms with Crippen molar-refractivity contribution in [2.45, 2.75) is 17.4 Å². The van der Waals surface area contributed by atoms with Gasteiger partial charge in [0.1, 0.15) is 16.5 Å². The summed E-state index contributed by atoms with van der Waals surface area (Å²) in [5, 5.41) is 9.36. The molecule has 1 aromatic carbocycles. The van der Waals surface area contributed by atoms with Crippen LogP contribution in [0.4, 0.5) is 0 Å². The number of rotatable bonds is 8. The van der Waals surface area contributed by atoms with E-state index >= 15 is 0 Å². The molecule has 2 aromatic heterocycles. The second-order valence-electron chi connectivity index (χ2n) is 5.76. The average Bonchev–Trinajstić information content (AvgIpc) is 3.34. The molecule has 3 aromatic rings. The van der Waals surface area contributed by atoms with Gasteiger partial charge in [0, 0.05) is 18.0 Å². The van der Waals surface area contributed by atoms with E-state index in [1.54, 1.807) is 29.7 Å². The molecule has 0 fully saturated rings. The Morgan fingerprint density at radius 2 is 2.00 bits per heavy atom. The van der Waals surface area contributed by atoms with Gasteiger partial charge in [-0.2, -0.15) is 11.3 Å². The SMILES string of the molecule is COc1ccc(S(=O)(=O)CC(=O)NC(Cc2ccsc2)c2nccs2)cc1. The molecule has 6 nitrogen and oxygen atoms in total. The van der Waals surface area contributed by atoms with Gasteiger partial charge >= 0.3 is 0 Å². The minimum atomic E-state index is -3.74. The fourth-order valence-electron chi connectivity index (χ4n) is 2.53. The number of nitrogens with zero attached hydrogens (tertiary/aromatic N) is 1. The Balaban J connectivity index is 1.71. The first-order valence-corrected chi connectivity index (χ1v) is 11.5. The smallest absolute Gasteiger partial charge is 0.236 e. The predicted octanol–water partition coefficient (Wildman–Crippen LogP) is 3.09. The van der Waals surface area contributed by atoms with E-state index < -0.39 is 21.5 Å². The van der Waals surface area contributed by atoms with E-state index in [-0.39, 0.29) is 10.9 Å². The number of thiophene rings is 1. The van der Waals surface area contributed by atoms with E-state index in [9.17, 15) is 13.2 Å². The Hall–Kier alpha value is -2.23. The predicted molar refractivity (Wildman–Crippen MR) is 106 cm³/mol. The van der Waals surface area contributed by atoms with Gasteiger partial charge in [0.2, 0.25) is 5.91 Å². The van der Waals surface area contributed by atoms with Crippen molar-refractivity contribution in [3.63, 3.8) is 0 Å². The third-order valence-electron chi connectivity index (χ3n) is 3.84.